The van der Waals surface area contributed by atoms with Gasteiger partial charge in [0.1, 0.15) is 0 Å². The maximum absolute atomic E-state index is 14.8. The molecular formula is C36H54F2O2. The van der Waals surface area contributed by atoms with Gasteiger partial charge in [-0.2, -0.15) is 4.39 Å². The van der Waals surface area contributed by atoms with E-state index in [0.717, 1.165) is 61.9 Å². The molecule has 0 spiro atoms. The predicted octanol–water partition coefficient (Wildman–Crippen LogP) is 10.4. The van der Waals surface area contributed by atoms with Crippen LogP contribution in [0.2, 0.25) is 0 Å². The third kappa shape index (κ3) is 7.31. The topological polar surface area (TPSA) is 18.5 Å². The van der Waals surface area contributed by atoms with Crippen LogP contribution in [0.5, 0.6) is 5.75 Å². The summed E-state index contributed by atoms with van der Waals surface area (Å²) in [4.78, 5) is 0. The second-order valence-electron chi connectivity index (χ2n) is 13.6. The number of benzene rings is 1. The van der Waals surface area contributed by atoms with Gasteiger partial charge in [-0.05, 0) is 157 Å². The summed E-state index contributed by atoms with van der Waals surface area (Å²) in [5.41, 5.74) is 0.525. The van der Waals surface area contributed by atoms with Gasteiger partial charge in [-0.15, -0.1) is 0 Å². The van der Waals surface area contributed by atoms with Crippen molar-refractivity contribution in [1.82, 2.24) is 0 Å². The van der Waals surface area contributed by atoms with Gasteiger partial charge in [0.05, 0.1) is 19.3 Å². The molecule has 5 rings (SSSR count). The van der Waals surface area contributed by atoms with Crippen LogP contribution in [0.1, 0.15) is 128 Å². The fraction of sp³-hybridized carbons (Fsp3) is 0.778. The zero-order valence-corrected chi connectivity index (χ0v) is 25.2. The van der Waals surface area contributed by atoms with Crippen molar-refractivity contribution in [1.29, 1.82) is 0 Å². The van der Waals surface area contributed by atoms with Crippen molar-refractivity contribution >= 4 is 0 Å². The molecule has 4 heteroatoms. The minimum absolute atomic E-state index is 0.0226. The fourth-order valence-corrected chi connectivity index (χ4v) is 9.00. The quantitative estimate of drug-likeness (QED) is 0.282. The van der Waals surface area contributed by atoms with E-state index in [1.807, 2.05) is 0 Å². The Balaban J connectivity index is 1.01. The first kappa shape index (κ1) is 30.1. The Morgan fingerprint density at radius 2 is 1.35 bits per heavy atom. The molecule has 3 saturated carbocycles. The van der Waals surface area contributed by atoms with Crippen molar-refractivity contribution in [2.24, 2.45) is 35.5 Å². The zero-order valence-electron chi connectivity index (χ0n) is 25.2. The lowest BCUT2D eigenvalue weighted by molar-refractivity contribution is -0.0733. The normalized spacial score (nSPS) is 35.6. The second kappa shape index (κ2) is 14.7. The lowest BCUT2D eigenvalue weighted by Crippen LogP contribution is -2.37. The Labute approximate surface area is 242 Å². The van der Waals surface area contributed by atoms with Crippen LogP contribution in [0.15, 0.2) is 24.3 Å². The Bertz CT molecular complexity index is 928. The van der Waals surface area contributed by atoms with E-state index in [1.54, 1.807) is 19.1 Å². The van der Waals surface area contributed by atoms with Crippen LogP contribution < -0.4 is 4.74 Å². The van der Waals surface area contributed by atoms with E-state index in [9.17, 15) is 8.78 Å². The summed E-state index contributed by atoms with van der Waals surface area (Å²) < 4.78 is 41.0. The molecule has 0 N–H and O–H groups in total. The van der Waals surface area contributed by atoms with Crippen molar-refractivity contribution in [3.05, 3.63) is 41.5 Å². The Kier molecular flexibility index (Phi) is 11.0. The maximum atomic E-state index is 14.8. The van der Waals surface area contributed by atoms with Gasteiger partial charge < -0.3 is 9.47 Å². The highest BCUT2D eigenvalue weighted by Crippen LogP contribution is 2.46. The molecule has 0 aromatic heterocycles. The van der Waals surface area contributed by atoms with E-state index in [1.165, 1.54) is 77.0 Å². The summed E-state index contributed by atoms with van der Waals surface area (Å²) in [5.74, 6) is 3.70. The van der Waals surface area contributed by atoms with E-state index in [2.05, 4.69) is 19.1 Å². The average Bonchev–Trinajstić information content (AvgIpc) is 3.01. The van der Waals surface area contributed by atoms with Crippen LogP contribution in [0.3, 0.4) is 0 Å². The first-order chi connectivity index (χ1) is 19.6. The number of ether oxygens (including phenoxy) is 2. The third-order valence-corrected chi connectivity index (χ3v) is 11.5. The summed E-state index contributed by atoms with van der Waals surface area (Å²) in [6.07, 6.45) is 25.6. The number of allylic oxidation sites excluding steroid dienone is 2. The van der Waals surface area contributed by atoms with Gasteiger partial charge in [-0.3, -0.25) is 0 Å². The average molecular weight is 557 g/mol. The van der Waals surface area contributed by atoms with Gasteiger partial charge in [-0.25, -0.2) is 4.39 Å². The molecular weight excluding hydrogens is 502 g/mol. The lowest BCUT2D eigenvalue weighted by Gasteiger charge is -2.43. The Morgan fingerprint density at radius 3 is 1.95 bits per heavy atom. The molecule has 1 saturated heterocycles. The first-order valence-electron chi connectivity index (χ1n) is 16.9. The van der Waals surface area contributed by atoms with E-state index in [0.29, 0.717) is 24.2 Å². The third-order valence-electron chi connectivity index (χ3n) is 11.5. The number of hydrogen-bond acceptors (Lipinski definition) is 2. The predicted molar refractivity (Wildman–Crippen MR) is 160 cm³/mol. The molecule has 1 aliphatic heterocycles. The summed E-state index contributed by atoms with van der Waals surface area (Å²) >= 11 is 0. The lowest BCUT2D eigenvalue weighted by atomic mass is 9.66. The van der Waals surface area contributed by atoms with Gasteiger partial charge in [-0.1, -0.05) is 31.1 Å². The van der Waals surface area contributed by atoms with Gasteiger partial charge in [0.2, 0.25) is 5.82 Å². The van der Waals surface area contributed by atoms with Crippen LogP contribution in [0, 0.1) is 47.1 Å². The molecule has 4 fully saturated rings. The largest absolute Gasteiger partial charge is 0.491 e. The van der Waals surface area contributed by atoms with Gasteiger partial charge in [0.25, 0.3) is 0 Å². The molecule has 0 bridgehead atoms. The smallest absolute Gasteiger partial charge is 0.200 e. The molecule has 1 heterocycles. The highest BCUT2D eigenvalue weighted by molar-refractivity contribution is 5.33. The molecule has 3 aliphatic carbocycles. The minimum atomic E-state index is -0.833. The highest BCUT2D eigenvalue weighted by atomic mass is 19.2. The molecule has 1 aromatic carbocycles. The molecule has 4 aliphatic rings. The Hall–Kier alpha value is -1.42. The van der Waals surface area contributed by atoms with E-state index < -0.39 is 11.6 Å². The molecule has 2 unspecified atom stereocenters. The molecule has 2 nitrogen and oxygen atoms in total. The standard InChI is InChI=1S/C36H54F2O2/c1-3-5-6-7-25-8-10-26(11-9-25)27-12-14-28(15-13-27)31-20-22-33(40-24-31)30-18-16-29(17-19-30)32-21-23-34(39-4-2)36(38)35(32)37/h3,5,21,23,25-31,33H,4,6-20,22,24H2,1-2H3. The first-order valence-corrected chi connectivity index (χ1v) is 16.9. The molecule has 224 valence electrons. The van der Waals surface area contributed by atoms with E-state index in [-0.39, 0.29) is 11.7 Å². The second-order valence-corrected chi connectivity index (χ2v) is 13.6. The molecule has 40 heavy (non-hydrogen) atoms. The summed E-state index contributed by atoms with van der Waals surface area (Å²) in [6, 6.07) is 3.33. The summed E-state index contributed by atoms with van der Waals surface area (Å²) in [7, 11) is 0. The monoisotopic (exact) mass is 556 g/mol. The number of hydrogen-bond donors (Lipinski definition) is 0. The molecule has 0 amide bonds. The fourth-order valence-electron chi connectivity index (χ4n) is 9.00. The van der Waals surface area contributed by atoms with Crippen molar-refractivity contribution in [3.8, 4) is 5.75 Å². The molecule has 0 radical (unpaired) electrons. The number of halogens is 2. The van der Waals surface area contributed by atoms with E-state index >= 15 is 0 Å². The van der Waals surface area contributed by atoms with Crippen LogP contribution >= 0.6 is 0 Å². The van der Waals surface area contributed by atoms with Crippen LogP contribution in [-0.4, -0.2) is 19.3 Å². The van der Waals surface area contributed by atoms with Crippen molar-refractivity contribution in [2.75, 3.05) is 13.2 Å². The van der Waals surface area contributed by atoms with Gasteiger partial charge in [0.15, 0.2) is 11.6 Å². The minimum Gasteiger partial charge on any atom is -0.491 e. The molecule has 2 atom stereocenters. The van der Waals surface area contributed by atoms with Crippen molar-refractivity contribution < 1.29 is 18.3 Å². The van der Waals surface area contributed by atoms with Gasteiger partial charge in [0, 0.05) is 0 Å². The Morgan fingerprint density at radius 1 is 0.750 bits per heavy atom. The number of rotatable bonds is 9. The van der Waals surface area contributed by atoms with Gasteiger partial charge >= 0.3 is 0 Å². The van der Waals surface area contributed by atoms with E-state index in [4.69, 9.17) is 9.47 Å². The highest BCUT2D eigenvalue weighted by Gasteiger charge is 2.37. The van der Waals surface area contributed by atoms with Crippen molar-refractivity contribution in [3.63, 3.8) is 0 Å². The molecule has 1 aromatic rings. The van der Waals surface area contributed by atoms with Crippen molar-refractivity contribution in [2.45, 2.75) is 129 Å². The summed E-state index contributed by atoms with van der Waals surface area (Å²) in [5, 5.41) is 0. The van der Waals surface area contributed by atoms with Crippen LogP contribution in [-0.2, 0) is 4.74 Å². The van der Waals surface area contributed by atoms with Crippen LogP contribution in [0.25, 0.3) is 0 Å². The SMILES string of the molecule is CC=CCCC1CCC(C2CCC(C3CCC(C4CCC(c5ccc(OCC)c(F)c5F)CC4)OC3)CC2)CC1. The zero-order chi connectivity index (χ0) is 27.9. The summed E-state index contributed by atoms with van der Waals surface area (Å²) in [6.45, 7) is 5.20. The van der Waals surface area contributed by atoms with Crippen LogP contribution in [0.4, 0.5) is 8.78 Å². The maximum Gasteiger partial charge on any atom is 0.200 e.